The van der Waals surface area contributed by atoms with Gasteiger partial charge in [-0.1, -0.05) is 6.07 Å². The lowest BCUT2D eigenvalue weighted by molar-refractivity contribution is 0.171. The minimum atomic E-state index is -3.96. The van der Waals surface area contributed by atoms with Crippen LogP contribution in [0.3, 0.4) is 0 Å². The van der Waals surface area contributed by atoms with Gasteiger partial charge in [0.15, 0.2) is 11.5 Å². The fraction of sp³-hybridized carbons (Fsp3) is 0.250. The van der Waals surface area contributed by atoms with Gasteiger partial charge in [-0.25, -0.2) is 8.42 Å². The van der Waals surface area contributed by atoms with Crippen LogP contribution in [-0.4, -0.2) is 40.3 Å². The topological polar surface area (TPSA) is 99.9 Å². The number of fused-ring (bicyclic) bond motifs is 1. The van der Waals surface area contributed by atoms with Gasteiger partial charge in [0.25, 0.3) is 0 Å². The van der Waals surface area contributed by atoms with Crippen molar-refractivity contribution in [2.75, 3.05) is 32.2 Å². The van der Waals surface area contributed by atoms with Crippen molar-refractivity contribution in [2.45, 2.75) is 16.8 Å². The summed E-state index contributed by atoms with van der Waals surface area (Å²) in [5.74, 6) is 1.77. The SMILES string of the molecule is CCNc1oc(-c2cccc(OC)c2)nc1S(=O)(=O)c1ccc2c(c1)OCCO2. The molecule has 0 spiro atoms. The van der Waals surface area contributed by atoms with Gasteiger partial charge in [-0.2, -0.15) is 4.98 Å². The summed E-state index contributed by atoms with van der Waals surface area (Å²) < 4.78 is 48.5. The summed E-state index contributed by atoms with van der Waals surface area (Å²) in [5.41, 5.74) is 0.604. The van der Waals surface area contributed by atoms with Gasteiger partial charge in [0.05, 0.1) is 12.0 Å². The van der Waals surface area contributed by atoms with Gasteiger partial charge in [0, 0.05) is 18.2 Å². The first-order valence-electron chi connectivity index (χ1n) is 9.07. The van der Waals surface area contributed by atoms with Crippen molar-refractivity contribution in [1.82, 2.24) is 4.98 Å². The van der Waals surface area contributed by atoms with Crippen LogP contribution in [0.25, 0.3) is 11.5 Å². The Morgan fingerprint density at radius 1 is 1.10 bits per heavy atom. The summed E-state index contributed by atoms with van der Waals surface area (Å²) >= 11 is 0. The molecule has 152 valence electrons. The third kappa shape index (κ3) is 3.61. The average Bonchev–Trinajstić information content (AvgIpc) is 3.18. The fourth-order valence-corrected chi connectivity index (χ4v) is 4.24. The molecule has 1 N–H and O–H groups in total. The van der Waals surface area contributed by atoms with E-state index >= 15 is 0 Å². The molecule has 1 aliphatic heterocycles. The molecule has 1 aromatic heterocycles. The Balaban J connectivity index is 1.79. The highest BCUT2D eigenvalue weighted by Crippen LogP contribution is 2.37. The number of aromatic nitrogens is 1. The van der Waals surface area contributed by atoms with Crippen LogP contribution in [-0.2, 0) is 9.84 Å². The average molecular weight is 416 g/mol. The molecule has 9 heteroatoms. The van der Waals surface area contributed by atoms with E-state index in [2.05, 4.69) is 10.3 Å². The fourth-order valence-electron chi connectivity index (χ4n) is 2.94. The number of ether oxygens (including phenoxy) is 3. The van der Waals surface area contributed by atoms with E-state index < -0.39 is 9.84 Å². The Hall–Kier alpha value is -3.20. The smallest absolute Gasteiger partial charge is 0.233 e. The normalized spacial score (nSPS) is 13.2. The summed E-state index contributed by atoms with van der Waals surface area (Å²) in [7, 11) is -2.41. The standard InChI is InChI=1S/C20H20N2O6S/c1-3-21-19-20(22-18(28-19)13-5-4-6-14(11-13)25-2)29(23,24)15-7-8-16-17(12-15)27-10-9-26-16/h4-8,11-12,21H,3,9-10H2,1-2H3. The number of benzene rings is 2. The van der Waals surface area contributed by atoms with Crippen molar-refractivity contribution >= 4 is 15.7 Å². The highest BCUT2D eigenvalue weighted by Gasteiger charge is 2.30. The van der Waals surface area contributed by atoms with Crippen molar-refractivity contribution in [1.29, 1.82) is 0 Å². The maximum atomic E-state index is 13.3. The molecule has 0 aliphatic carbocycles. The summed E-state index contributed by atoms with van der Waals surface area (Å²) in [6, 6.07) is 11.5. The van der Waals surface area contributed by atoms with Crippen LogP contribution >= 0.6 is 0 Å². The quantitative estimate of drug-likeness (QED) is 0.653. The van der Waals surface area contributed by atoms with Crippen molar-refractivity contribution in [3.05, 3.63) is 42.5 Å². The number of anilines is 1. The molecule has 1 aliphatic rings. The molecular weight excluding hydrogens is 396 g/mol. The highest BCUT2D eigenvalue weighted by molar-refractivity contribution is 7.91. The van der Waals surface area contributed by atoms with Crippen LogP contribution in [0.15, 0.2) is 56.8 Å². The van der Waals surface area contributed by atoms with E-state index in [-0.39, 0.29) is 21.7 Å². The van der Waals surface area contributed by atoms with Crippen molar-refractivity contribution in [3.63, 3.8) is 0 Å². The number of hydrogen-bond donors (Lipinski definition) is 1. The van der Waals surface area contributed by atoms with E-state index in [1.807, 2.05) is 6.92 Å². The van der Waals surface area contributed by atoms with Gasteiger partial charge in [-0.3, -0.25) is 0 Å². The first kappa shape index (κ1) is 19.1. The monoisotopic (exact) mass is 416 g/mol. The number of sulfone groups is 1. The Morgan fingerprint density at radius 3 is 2.66 bits per heavy atom. The van der Waals surface area contributed by atoms with E-state index in [1.54, 1.807) is 37.4 Å². The number of methoxy groups -OCH3 is 1. The molecule has 2 heterocycles. The number of nitrogens with one attached hydrogen (secondary N) is 1. The molecule has 29 heavy (non-hydrogen) atoms. The molecule has 0 unspecified atom stereocenters. The van der Waals surface area contributed by atoms with E-state index in [0.717, 1.165) is 0 Å². The number of hydrogen-bond acceptors (Lipinski definition) is 8. The molecule has 0 fully saturated rings. The molecule has 0 saturated heterocycles. The summed E-state index contributed by atoms with van der Waals surface area (Å²) in [6.07, 6.45) is 0. The van der Waals surface area contributed by atoms with Crippen LogP contribution in [0.1, 0.15) is 6.92 Å². The lowest BCUT2D eigenvalue weighted by atomic mass is 10.2. The second kappa shape index (κ2) is 7.67. The third-order valence-corrected chi connectivity index (χ3v) is 5.99. The lowest BCUT2D eigenvalue weighted by Crippen LogP contribution is -2.16. The molecule has 0 atom stereocenters. The molecule has 0 radical (unpaired) electrons. The molecule has 0 saturated carbocycles. The summed E-state index contributed by atoms with van der Waals surface area (Å²) in [5, 5.41) is 2.75. The summed E-state index contributed by atoms with van der Waals surface area (Å²) in [4.78, 5) is 4.34. The lowest BCUT2D eigenvalue weighted by Gasteiger charge is -2.18. The second-order valence-corrected chi connectivity index (χ2v) is 8.09. The van der Waals surface area contributed by atoms with Crippen LogP contribution in [0.2, 0.25) is 0 Å². The zero-order valence-electron chi connectivity index (χ0n) is 16.0. The Kier molecular flexibility index (Phi) is 5.06. The van der Waals surface area contributed by atoms with Crippen molar-refractivity contribution < 1.29 is 27.0 Å². The van der Waals surface area contributed by atoms with Crippen LogP contribution in [0.5, 0.6) is 17.2 Å². The van der Waals surface area contributed by atoms with Crippen LogP contribution in [0.4, 0.5) is 5.88 Å². The van der Waals surface area contributed by atoms with Gasteiger partial charge in [-0.15, -0.1) is 0 Å². The highest BCUT2D eigenvalue weighted by atomic mass is 32.2. The molecule has 0 amide bonds. The second-order valence-electron chi connectivity index (χ2n) is 6.22. The molecule has 0 bridgehead atoms. The predicted molar refractivity (Wildman–Crippen MR) is 106 cm³/mol. The zero-order valence-corrected chi connectivity index (χ0v) is 16.8. The van der Waals surface area contributed by atoms with Gasteiger partial charge < -0.3 is 23.9 Å². The first-order chi connectivity index (χ1) is 14.0. The van der Waals surface area contributed by atoms with Crippen molar-refractivity contribution in [2.24, 2.45) is 0 Å². The molecule has 8 nitrogen and oxygen atoms in total. The Bertz CT molecular complexity index is 1140. The van der Waals surface area contributed by atoms with Gasteiger partial charge in [-0.05, 0) is 37.3 Å². The number of oxazole rings is 1. The van der Waals surface area contributed by atoms with Gasteiger partial charge >= 0.3 is 0 Å². The van der Waals surface area contributed by atoms with Gasteiger partial charge in [0.2, 0.25) is 26.6 Å². The van der Waals surface area contributed by atoms with Gasteiger partial charge in [0.1, 0.15) is 19.0 Å². The van der Waals surface area contributed by atoms with E-state index in [1.165, 1.54) is 12.1 Å². The third-order valence-electron chi connectivity index (χ3n) is 4.33. The van der Waals surface area contributed by atoms with E-state index in [4.69, 9.17) is 18.6 Å². The minimum Gasteiger partial charge on any atom is -0.497 e. The molecular formula is C20H20N2O6S. The maximum Gasteiger partial charge on any atom is 0.233 e. The minimum absolute atomic E-state index is 0.0476. The number of rotatable bonds is 6. The summed E-state index contributed by atoms with van der Waals surface area (Å²) in [6.45, 7) is 3.10. The Labute approximate surface area is 168 Å². The molecule has 2 aromatic carbocycles. The van der Waals surface area contributed by atoms with E-state index in [9.17, 15) is 8.42 Å². The maximum absolute atomic E-state index is 13.3. The van der Waals surface area contributed by atoms with Crippen LogP contribution < -0.4 is 19.5 Å². The van der Waals surface area contributed by atoms with Crippen molar-refractivity contribution in [3.8, 4) is 28.7 Å². The largest absolute Gasteiger partial charge is 0.497 e. The molecule has 3 aromatic rings. The number of nitrogens with zero attached hydrogens (tertiary/aromatic N) is 1. The predicted octanol–water partition coefficient (Wildman–Crippen LogP) is 3.39. The zero-order chi connectivity index (χ0) is 20.4. The van der Waals surface area contributed by atoms with Crippen LogP contribution in [0, 0.1) is 0 Å². The first-order valence-corrected chi connectivity index (χ1v) is 10.5. The molecule has 4 rings (SSSR count). The Morgan fingerprint density at radius 2 is 1.90 bits per heavy atom. The van der Waals surface area contributed by atoms with E-state index in [0.29, 0.717) is 42.6 Å².